The fraction of sp³-hybridized carbons (Fsp3) is 0.500. The molecule has 82 valence electrons. The van der Waals surface area contributed by atoms with Crippen LogP contribution in [0.15, 0.2) is 30.3 Å². The molecule has 2 heteroatoms. The standard InChI is InChI=1S/C14H16N2/c15-11-14-7-6-13(8-14)10-16(14)9-12-4-2-1-3-5-12/h1-5,13H,6-10H2. The Labute approximate surface area is 96.5 Å². The van der Waals surface area contributed by atoms with Crippen LogP contribution < -0.4 is 0 Å². The molecule has 2 fully saturated rings. The van der Waals surface area contributed by atoms with Gasteiger partial charge in [0.15, 0.2) is 0 Å². The average Bonchev–Trinajstić information content (AvgIpc) is 2.88. The van der Waals surface area contributed by atoms with E-state index in [1.54, 1.807) is 0 Å². The predicted molar refractivity (Wildman–Crippen MR) is 62.5 cm³/mol. The van der Waals surface area contributed by atoms with Crippen molar-refractivity contribution < 1.29 is 0 Å². The minimum absolute atomic E-state index is 0.138. The van der Waals surface area contributed by atoms with Gasteiger partial charge in [-0.25, -0.2) is 0 Å². The molecule has 2 nitrogen and oxygen atoms in total. The molecule has 1 aromatic carbocycles. The number of hydrogen-bond donors (Lipinski definition) is 0. The summed E-state index contributed by atoms with van der Waals surface area (Å²) in [5.74, 6) is 0.767. The van der Waals surface area contributed by atoms with E-state index in [2.05, 4.69) is 35.2 Å². The predicted octanol–water partition coefficient (Wildman–Crippen LogP) is 2.56. The van der Waals surface area contributed by atoms with Gasteiger partial charge < -0.3 is 0 Å². The van der Waals surface area contributed by atoms with Gasteiger partial charge in [0.25, 0.3) is 0 Å². The van der Waals surface area contributed by atoms with Crippen LogP contribution >= 0.6 is 0 Å². The summed E-state index contributed by atoms with van der Waals surface area (Å²) in [4.78, 5) is 2.39. The second-order valence-electron chi connectivity index (χ2n) is 5.12. The first-order valence-electron chi connectivity index (χ1n) is 6.03. The van der Waals surface area contributed by atoms with Crippen LogP contribution in [0, 0.1) is 17.2 Å². The van der Waals surface area contributed by atoms with Gasteiger partial charge in [-0.1, -0.05) is 30.3 Å². The van der Waals surface area contributed by atoms with E-state index in [0.717, 1.165) is 31.8 Å². The maximum atomic E-state index is 9.40. The number of fused-ring (bicyclic) bond motifs is 2. The Morgan fingerprint density at radius 1 is 1.38 bits per heavy atom. The zero-order valence-electron chi connectivity index (χ0n) is 9.39. The molecule has 0 amide bonds. The fourth-order valence-electron chi connectivity index (χ4n) is 3.25. The SMILES string of the molecule is N#CC12CCC(CN1Cc1ccccc1)C2. The third-order valence-electron chi connectivity index (χ3n) is 4.10. The number of hydrogen-bond acceptors (Lipinski definition) is 2. The quantitative estimate of drug-likeness (QED) is 0.753. The van der Waals surface area contributed by atoms with Crippen molar-refractivity contribution in [3.63, 3.8) is 0 Å². The van der Waals surface area contributed by atoms with Gasteiger partial charge in [-0.3, -0.25) is 4.90 Å². The smallest absolute Gasteiger partial charge is 0.109 e. The van der Waals surface area contributed by atoms with Gasteiger partial charge >= 0.3 is 0 Å². The largest absolute Gasteiger partial charge is 0.281 e. The summed E-state index contributed by atoms with van der Waals surface area (Å²) in [6.07, 6.45) is 3.41. The number of benzene rings is 1. The van der Waals surface area contributed by atoms with Gasteiger partial charge in [0.2, 0.25) is 0 Å². The number of rotatable bonds is 2. The Morgan fingerprint density at radius 2 is 2.19 bits per heavy atom. The van der Waals surface area contributed by atoms with Crippen LogP contribution in [0.4, 0.5) is 0 Å². The van der Waals surface area contributed by atoms with E-state index in [1.165, 1.54) is 12.0 Å². The molecule has 2 unspecified atom stereocenters. The lowest BCUT2D eigenvalue weighted by Gasteiger charge is -2.33. The molecule has 1 aliphatic carbocycles. The molecule has 0 spiro atoms. The van der Waals surface area contributed by atoms with Crippen molar-refractivity contribution in [2.75, 3.05) is 6.54 Å². The van der Waals surface area contributed by atoms with Crippen molar-refractivity contribution in [3.05, 3.63) is 35.9 Å². The molecule has 1 saturated heterocycles. The van der Waals surface area contributed by atoms with Gasteiger partial charge in [-0.2, -0.15) is 5.26 Å². The van der Waals surface area contributed by atoms with Crippen molar-refractivity contribution in [2.45, 2.75) is 31.3 Å². The molecule has 2 aliphatic rings. The highest BCUT2D eigenvalue weighted by atomic mass is 15.2. The molecular weight excluding hydrogens is 196 g/mol. The number of nitrogens with zero attached hydrogens (tertiary/aromatic N) is 2. The number of likely N-dealkylation sites (tertiary alicyclic amines) is 1. The highest BCUT2D eigenvalue weighted by Crippen LogP contribution is 2.46. The van der Waals surface area contributed by atoms with Crippen LogP contribution in [0.1, 0.15) is 24.8 Å². The van der Waals surface area contributed by atoms with Crippen molar-refractivity contribution in [3.8, 4) is 6.07 Å². The highest BCUT2D eigenvalue weighted by Gasteiger charge is 2.50. The van der Waals surface area contributed by atoms with Gasteiger partial charge in [-0.15, -0.1) is 0 Å². The van der Waals surface area contributed by atoms with E-state index in [1.807, 2.05) is 6.07 Å². The second kappa shape index (κ2) is 3.61. The van der Waals surface area contributed by atoms with Crippen LogP contribution in [-0.4, -0.2) is 17.0 Å². The Kier molecular flexibility index (Phi) is 2.22. The molecule has 2 bridgehead atoms. The van der Waals surface area contributed by atoms with E-state index in [4.69, 9.17) is 0 Å². The lowest BCUT2D eigenvalue weighted by molar-refractivity contribution is 0.154. The molecule has 1 saturated carbocycles. The summed E-state index contributed by atoms with van der Waals surface area (Å²) in [6, 6.07) is 13.1. The van der Waals surface area contributed by atoms with E-state index < -0.39 is 0 Å². The van der Waals surface area contributed by atoms with Gasteiger partial charge in [0, 0.05) is 13.1 Å². The van der Waals surface area contributed by atoms with E-state index in [-0.39, 0.29) is 5.54 Å². The maximum absolute atomic E-state index is 9.40. The first-order chi connectivity index (χ1) is 7.82. The molecular formula is C14H16N2. The minimum atomic E-state index is -0.138. The second-order valence-corrected chi connectivity index (χ2v) is 5.12. The van der Waals surface area contributed by atoms with E-state index >= 15 is 0 Å². The van der Waals surface area contributed by atoms with E-state index in [9.17, 15) is 5.26 Å². The summed E-state index contributed by atoms with van der Waals surface area (Å²) in [5.41, 5.74) is 1.19. The molecule has 1 aromatic rings. The fourth-order valence-corrected chi connectivity index (χ4v) is 3.25. The normalized spacial score (nSPS) is 32.8. The van der Waals surface area contributed by atoms with Gasteiger partial charge in [0.1, 0.15) is 5.54 Å². The van der Waals surface area contributed by atoms with Crippen LogP contribution in [0.2, 0.25) is 0 Å². The summed E-state index contributed by atoms with van der Waals surface area (Å²) in [7, 11) is 0. The molecule has 16 heavy (non-hydrogen) atoms. The van der Waals surface area contributed by atoms with Crippen molar-refractivity contribution in [1.82, 2.24) is 4.90 Å². The molecule has 0 radical (unpaired) electrons. The summed E-state index contributed by atoms with van der Waals surface area (Å²) >= 11 is 0. The minimum Gasteiger partial charge on any atom is -0.281 e. The van der Waals surface area contributed by atoms with Crippen LogP contribution in [-0.2, 0) is 6.54 Å². The zero-order chi connectivity index (χ0) is 11.0. The van der Waals surface area contributed by atoms with Crippen molar-refractivity contribution in [2.24, 2.45) is 5.92 Å². The topological polar surface area (TPSA) is 27.0 Å². The third kappa shape index (κ3) is 1.44. The van der Waals surface area contributed by atoms with Crippen molar-refractivity contribution in [1.29, 1.82) is 5.26 Å². The average molecular weight is 212 g/mol. The summed E-state index contributed by atoms with van der Waals surface area (Å²) in [6.45, 7) is 2.05. The molecule has 0 N–H and O–H groups in total. The molecule has 3 rings (SSSR count). The third-order valence-corrected chi connectivity index (χ3v) is 4.10. The first-order valence-corrected chi connectivity index (χ1v) is 6.03. The van der Waals surface area contributed by atoms with Crippen LogP contribution in [0.25, 0.3) is 0 Å². The Hall–Kier alpha value is -1.33. The van der Waals surface area contributed by atoms with Gasteiger partial charge in [0.05, 0.1) is 6.07 Å². The van der Waals surface area contributed by atoms with Crippen molar-refractivity contribution >= 4 is 0 Å². The zero-order valence-corrected chi connectivity index (χ0v) is 9.39. The summed E-state index contributed by atoms with van der Waals surface area (Å²) in [5, 5.41) is 9.40. The summed E-state index contributed by atoms with van der Waals surface area (Å²) < 4.78 is 0. The molecule has 2 atom stereocenters. The lowest BCUT2D eigenvalue weighted by Crippen LogP contribution is -2.42. The number of piperidine rings is 1. The molecule has 1 heterocycles. The van der Waals surface area contributed by atoms with E-state index in [0.29, 0.717) is 0 Å². The molecule has 0 aromatic heterocycles. The first kappa shape index (κ1) is 9.86. The lowest BCUT2D eigenvalue weighted by atomic mass is 9.98. The molecule has 1 aliphatic heterocycles. The monoisotopic (exact) mass is 212 g/mol. The maximum Gasteiger partial charge on any atom is 0.109 e. The number of nitriles is 1. The van der Waals surface area contributed by atoms with Crippen LogP contribution in [0.5, 0.6) is 0 Å². The van der Waals surface area contributed by atoms with Crippen LogP contribution in [0.3, 0.4) is 0 Å². The highest BCUT2D eigenvalue weighted by molar-refractivity contribution is 5.21. The Balaban J connectivity index is 1.80. The Morgan fingerprint density at radius 3 is 2.88 bits per heavy atom. The van der Waals surface area contributed by atoms with Gasteiger partial charge in [-0.05, 0) is 30.7 Å². The Bertz CT molecular complexity index is 420.